The van der Waals surface area contributed by atoms with E-state index in [0.717, 1.165) is 30.0 Å². The van der Waals surface area contributed by atoms with Crippen LogP contribution in [0.15, 0.2) is 6.07 Å². The summed E-state index contributed by atoms with van der Waals surface area (Å²) < 4.78 is 1.71. The van der Waals surface area contributed by atoms with Gasteiger partial charge in [0.05, 0.1) is 0 Å². The van der Waals surface area contributed by atoms with Crippen molar-refractivity contribution in [2.24, 2.45) is 0 Å². The number of fused-ring (bicyclic) bond motifs is 1. The molecule has 2 aromatic rings. The van der Waals surface area contributed by atoms with Gasteiger partial charge in [0, 0.05) is 18.2 Å². The van der Waals surface area contributed by atoms with Crippen LogP contribution in [0, 0.1) is 6.92 Å². The van der Waals surface area contributed by atoms with E-state index < -0.39 is 0 Å². The largest absolute Gasteiger partial charge is 0.366 e. The number of nitrogens with two attached hydrogens (primary N) is 1. The van der Waals surface area contributed by atoms with Crippen LogP contribution in [0.25, 0.3) is 5.65 Å². The SMILES string of the molecule is CCCc1nc(C)cc2nc(N)nn12. The summed E-state index contributed by atoms with van der Waals surface area (Å²) in [6.45, 7) is 4.06. The molecule has 0 saturated carbocycles. The molecule has 0 spiro atoms. The molecule has 0 radical (unpaired) electrons. The van der Waals surface area contributed by atoms with Gasteiger partial charge in [-0.15, -0.1) is 5.10 Å². The Morgan fingerprint density at radius 1 is 1.43 bits per heavy atom. The molecular formula is C9H13N5. The summed E-state index contributed by atoms with van der Waals surface area (Å²) >= 11 is 0. The van der Waals surface area contributed by atoms with Crippen LogP contribution in [-0.2, 0) is 6.42 Å². The van der Waals surface area contributed by atoms with E-state index in [1.54, 1.807) is 4.52 Å². The zero-order chi connectivity index (χ0) is 10.1. The Balaban J connectivity index is 2.66. The Bertz CT molecular complexity index is 459. The van der Waals surface area contributed by atoms with Gasteiger partial charge in [0.15, 0.2) is 5.65 Å². The minimum atomic E-state index is 0.301. The van der Waals surface area contributed by atoms with Gasteiger partial charge in [0.25, 0.3) is 0 Å². The van der Waals surface area contributed by atoms with E-state index in [1.807, 2.05) is 13.0 Å². The van der Waals surface area contributed by atoms with E-state index in [1.165, 1.54) is 0 Å². The second-order valence-electron chi connectivity index (χ2n) is 3.30. The Hall–Kier alpha value is -1.65. The Labute approximate surface area is 82.0 Å². The third-order valence-corrected chi connectivity index (χ3v) is 2.01. The molecule has 2 aromatic heterocycles. The van der Waals surface area contributed by atoms with Crippen molar-refractivity contribution in [3.63, 3.8) is 0 Å². The Morgan fingerprint density at radius 3 is 2.93 bits per heavy atom. The third-order valence-electron chi connectivity index (χ3n) is 2.01. The molecule has 5 heteroatoms. The molecule has 2 heterocycles. The lowest BCUT2D eigenvalue weighted by Crippen LogP contribution is -2.03. The van der Waals surface area contributed by atoms with Gasteiger partial charge in [-0.25, -0.2) is 4.98 Å². The fourth-order valence-electron chi connectivity index (χ4n) is 1.48. The first kappa shape index (κ1) is 8.93. The van der Waals surface area contributed by atoms with Crippen molar-refractivity contribution in [1.82, 2.24) is 19.6 Å². The third kappa shape index (κ3) is 1.41. The number of hydrogen-bond donors (Lipinski definition) is 1. The Kier molecular flexibility index (Phi) is 2.07. The minimum Gasteiger partial charge on any atom is -0.366 e. The fraction of sp³-hybridized carbons (Fsp3) is 0.444. The van der Waals surface area contributed by atoms with E-state index in [0.29, 0.717) is 5.95 Å². The molecule has 0 atom stereocenters. The maximum Gasteiger partial charge on any atom is 0.240 e. The van der Waals surface area contributed by atoms with Gasteiger partial charge in [0.1, 0.15) is 5.82 Å². The van der Waals surface area contributed by atoms with Crippen LogP contribution in [0.3, 0.4) is 0 Å². The van der Waals surface area contributed by atoms with Crippen molar-refractivity contribution in [1.29, 1.82) is 0 Å². The zero-order valence-corrected chi connectivity index (χ0v) is 8.36. The average Bonchev–Trinajstić information content (AvgIpc) is 2.45. The zero-order valence-electron chi connectivity index (χ0n) is 8.36. The minimum absolute atomic E-state index is 0.301. The standard InChI is InChI=1S/C9H13N5/c1-3-4-7-11-6(2)5-8-12-9(10)13-14(7)8/h5H,3-4H2,1-2H3,(H2,10,13). The lowest BCUT2D eigenvalue weighted by atomic mass is 10.3. The predicted octanol–water partition coefficient (Wildman–Crippen LogP) is 0.967. The summed E-state index contributed by atoms with van der Waals surface area (Å²) in [6.07, 6.45) is 1.92. The van der Waals surface area contributed by atoms with Crippen molar-refractivity contribution in [2.75, 3.05) is 5.73 Å². The van der Waals surface area contributed by atoms with Crippen molar-refractivity contribution in [3.8, 4) is 0 Å². The van der Waals surface area contributed by atoms with Crippen molar-refractivity contribution in [2.45, 2.75) is 26.7 Å². The van der Waals surface area contributed by atoms with Gasteiger partial charge in [0.2, 0.25) is 5.95 Å². The monoisotopic (exact) mass is 191 g/mol. The second-order valence-corrected chi connectivity index (χ2v) is 3.30. The highest BCUT2D eigenvalue weighted by Gasteiger charge is 2.06. The molecule has 0 unspecified atom stereocenters. The van der Waals surface area contributed by atoms with Crippen LogP contribution in [-0.4, -0.2) is 19.6 Å². The first-order valence-corrected chi connectivity index (χ1v) is 4.69. The number of aryl methyl sites for hydroxylation is 2. The van der Waals surface area contributed by atoms with Crippen LogP contribution < -0.4 is 5.73 Å². The van der Waals surface area contributed by atoms with Gasteiger partial charge < -0.3 is 5.73 Å². The van der Waals surface area contributed by atoms with E-state index in [-0.39, 0.29) is 0 Å². The molecule has 2 N–H and O–H groups in total. The summed E-state index contributed by atoms with van der Waals surface area (Å²) in [5.74, 6) is 1.22. The average molecular weight is 191 g/mol. The fourth-order valence-corrected chi connectivity index (χ4v) is 1.48. The van der Waals surface area contributed by atoms with Crippen LogP contribution in [0.1, 0.15) is 24.9 Å². The molecule has 0 aliphatic rings. The lowest BCUT2D eigenvalue weighted by molar-refractivity contribution is 0.756. The number of nitrogens with zero attached hydrogens (tertiary/aromatic N) is 4. The van der Waals surface area contributed by atoms with Crippen molar-refractivity contribution < 1.29 is 0 Å². The van der Waals surface area contributed by atoms with Gasteiger partial charge in [-0.3, -0.25) is 0 Å². The molecule has 0 amide bonds. The number of nitrogen functional groups attached to an aromatic ring is 1. The topological polar surface area (TPSA) is 69.1 Å². The van der Waals surface area contributed by atoms with Gasteiger partial charge >= 0.3 is 0 Å². The van der Waals surface area contributed by atoms with Crippen molar-refractivity contribution >= 4 is 11.6 Å². The van der Waals surface area contributed by atoms with Crippen LogP contribution in [0.4, 0.5) is 5.95 Å². The highest BCUT2D eigenvalue weighted by Crippen LogP contribution is 2.08. The van der Waals surface area contributed by atoms with E-state index in [4.69, 9.17) is 5.73 Å². The smallest absolute Gasteiger partial charge is 0.240 e. The molecule has 0 aliphatic heterocycles. The number of hydrogen-bond acceptors (Lipinski definition) is 4. The summed E-state index contributed by atoms with van der Waals surface area (Å²) in [5.41, 5.74) is 7.26. The molecule has 0 fully saturated rings. The number of rotatable bonds is 2. The van der Waals surface area contributed by atoms with E-state index in [9.17, 15) is 0 Å². The predicted molar refractivity (Wildman–Crippen MR) is 53.9 cm³/mol. The molecular weight excluding hydrogens is 178 g/mol. The van der Waals surface area contributed by atoms with Gasteiger partial charge in [-0.1, -0.05) is 6.92 Å². The first-order chi connectivity index (χ1) is 6.70. The van der Waals surface area contributed by atoms with Crippen LogP contribution >= 0.6 is 0 Å². The first-order valence-electron chi connectivity index (χ1n) is 4.69. The second kappa shape index (κ2) is 3.25. The van der Waals surface area contributed by atoms with Crippen LogP contribution in [0.5, 0.6) is 0 Å². The normalized spacial score (nSPS) is 11.0. The van der Waals surface area contributed by atoms with E-state index >= 15 is 0 Å². The summed E-state index contributed by atoms with van der Waals surface area (Å²) in [4.78, 5) is 8.52. The quantitative estimate of drug-likeness (QED) is 0.767. The maximum absolute atomic E-state index is 5.53. The molecule has 2 rings (SSSR count). The molecule has 0 saturated heterocycles. The molecule has 0 bridgehead atoms. The number of aromatic nitrogens is 4. The molecule has 74 valence electrons. The van der Waals surface area contributed by atoms with E-state index in [2.05, 4.69) is 22.0 Å². The number of anilines is 1. The molecule has 0 aliphatic carbocycles. The molecule has 0 aromatic carbocycles. The summed E-state index contributed by atoms with van der Waals surface area (Å²) in [5, 5.41) is 4.09. The molecule has 5 nitrogen and oxygen atoms in total. The highest BCUT2D eigenvalue weighted by molar-refractivity contribution is 5.43. The lowest BCUT2D eigenvalue weighted by Gasteiger charge is -2.02. The molecule has 14 heavy (non-hydrogen) atoms. The highest BCUT2D eigenvalue weighted by atomic mass is 15.3. The van der Waals surface area contributed by atoms with Gasteiger partial charge in [-0.2, -0.15) is 9.50 Å². The maximum atomic E-state index is 5.53. The van der Waals surface area contributed by atoms with Crippen LogP contribution in [0.2, 0.25) is 0 Å². The van der Waals surface area contributed by atoms with Crippen molar-refractivity contribution in [3.05, 3.63) is 17.6 Å². The Morgan fingerprint density at radius 2 is 2.21 bits per heavy atom. The van der Waals surface area contributed by atoms with Gasteiger partial charge in [-0.05, 0) is 13.3 Å². The summed E-state index contributed by atoms with van der Waals surface area (Å²) in [7, 11) is 0. The summed E-state index contributed by atoms with van der Waals surface area (Å²) in [6, 6.07) is 1.88.